The van der Waals surface area contributed by atoms with E-state index in [1.54, 1.807) is 19.4 Å². The van der Waals surface area contributed by atoms with Gasteiger partial charge in [-0.2, -0.15) is 9.78 Å². The zero-order valence-corrected chi connectivity index (χ0v) is 22.7. The lowest BCUT2D eigenvalue weighted by molar-refractivity contribution is 0.282. The highest BCUT2D eigenvalue weighted by Crippen LogP contribution is 2.34. The van der Waals surface area contributed by atoms with Gasteiger partial charge in [-0.3, -0.25) is 4.79 Å². The molecule has 37 heavy (non-hydrogen) atoms. The van der Waals surface area contributed by atoms with Crippen LogP contribution in [0, 0.1) is 0 Å². The Morgan fingerprint density at radius 3 is 2.68 bits per heavy atom. The molecule has 0 aliphatic heterocycles. The van der Waals surface area contributed by atoms with E-state index in [0.29, 0.717) is 47.7 Å². The number of allylic oxidation sites excluding steroid dienone is 1. The zero-order valence-electron chi connectivity index (χ0n) is 21.1. The Kier molecular flexibility index (Phi) is 8.90. The first-order valence-electron chi connectivity index (χ1n) is 12.3. The molecule has 4 rings (SSSR count). The highest BCUT2D eigenvalue weighted by molar-refractivity contribution is 9.10. The van der Waals surface area contributed by atoms with Gasteiger partial charge in [-0.05, 0) is 54.3 Å². The van der Waals surface area contributed by atoms with Crippen LogP contribution < -0.4 is 15.0 Å². The van der Waals surface area contributed by atoms with Gasteiger partial charge in [-0.15, -0.1) is 6.58 Å². The number of methoxy groups -OCH3 is 1. The maximum Gasteiger partial charge on any atom is 0.282 e. The number of nitrogens with zero attached hydrogens (tertiary/aromatic N) is 3. The fourth-order valence-corrected chi connectivity index (χ4v) is 4.41. The number of ether oxygens (including phenoxy) is 2. The Balaban J connectivity index is 1.73. The molecule has 0 amide bonds. The summed E-state index contributed by atoms with van der Waals surface area (Å²) < 4.78 is 14.1. The third kappa shape index (κ3) is 6.35. The Morgan fingerprint density at radius 2 is 1.95 bits per heavy atom. The molecule has 0 bridgehead atoms. The Morgan fingerprint density at radius 1 is 1.14 bits per heavy atom. The van der Waals surface area contributed by atoms with Crippen LogP contribution in [-0.2, 0) is 19.4 Å². The van der Waals surface area contributed by atoms with E-state index < -0.39 is 0 Å². The largest absolute Gasteiger partial charge is 0.493 e. The van der Waals surface area contributed by atoms with Gasteiger partial charge in [0.25, 0.3) is 5.56 Å². The van der Waals surface area contributed by atoms with Crippen LogP contribution in [0.2, 0.25) is 0 Å². The lowest BCUT2D eigenvalue weighted by Gasteiger charge is -2.16. The average Bonchev–Trinajstić information content (AvgIpc) is 2.91. The SMILES string of the molecule is C=CCc1cc(C=Nn2c(CCCC)nc3ccc(Br)cc3c2=O)cc(OC)c1OCc1ccccc1. The number of hydrogen-bond acceptors (Lipinski definition) is 5. The molecule has 0 radical (unpaired) electrons. The Bertz CT molecular complexity index is 1480. The van der Waals surface area contributed by atoms with Gasteiger partial charge in [0.1, 0.15) is 12.4 Å². The van der Waals surface area contributed by atoms with Gasteiger partial charge in [-0.25, -0.2) is 4.98 Å². The monoisotopic (exact) mass is 559 g/mol. The molecule has 0 N–H and O–H groups in total. The van der Waals surface area contributed by atoms with Crippen LogP contribution in [0.15, 0.2) is 87.7 Å². The van der Waals surface area contributed by atoms with E-state index in [2.05, 4.69) is 34.5 Å². The second-order valence-electron chi connectivity index (χ2n) is 8.63. The minimum absolute atomic E-state index is 0.199. The summed E-state index contributed by atoms with van der Waals surface area (Å²) in [4.78, 5) is 18.1. The van der Waals surface area contributed by atoms with Crippen molar-refractivity contribution in [2.24, 2.45) is 5.10 Å². The molecule has 0 fully saturated rings. The number of rotatable bonds is 11. The highest BCUT2D eigenvalue weighted by atomic mass is 79.9. The third-order valence-corrected chi connectivity index (χ3v) is 6.41. The summed E-state index contributed by atoms with van der Waals surface area (Å²) in [5.74, 6) is 1.90. The van der Waals surface area contributed by atoms with Crippen molar-refractivity contribution in [3.63, 3.8) is 0 Å². The number of benzene rings is 3. The normalized spacial score (nSPS) is 11.2. The third-order valence-electron chi connectivity index (χ3n) is 5.92. The number of aromatic nitrogens is 2. The fourth-order valence-electron chi connectivity index (χ4n) is 4.05. The smallest absolute Gasteiger partial charge is 0.282 e. The fraction of sp³-hybridized carbons (Fsp3) is 0.233. The molecule has 0 aliphatic carbocycles. The van der Waals surface area contributed by atoms with E-state index >= 15 is 0 Å². The molecule has 0 atom stereocenters. The maximum atomic E-state index is 13.4. The molecular formula is C30H30BrN3O3. The summed E-state index contributed by atoms with van der Waals surface area (Å²) in [5, 5.41) is 5.10. The minimum atomic E-state index is -0.199. The lowest BCUT2D eigenvalue weighted by atomic mass is 10.1. The topological polar surface area (TPSA) is 65.7 Å². The van der Waals surface area contributed by atoms with Crippen molar-refractivity contribution in [2.45, 2.75) is 39.2 Å². The maximum absolute atomic E-state index is 13.4. The second kappa shape index (κ2) is 12.5. The lowest BCUT2D eigenvalue weighted by Crippen LogP contribution is -2.22. The molecule has 1 heterocycles. The Hall–Kier alpha value is -3.71. The molecule has 0 saturated heterocycles. The second-order valence-corrected chi connectivity index (χ2v) is 9.55. The van der Waals surface area contributed by atoms with Crippen LogP contribution >= 0.6 is 15.9 Å². The Labute approximate surface area is 225 Å². The molecule has 6 nitrogen and oxygen atoms in total. The summed E-state index contributed by atoms with van der Waals surface area (Å²) in [6.45, 7) is 6.42. The van der Waals surface area contributed by atoms with Crippen molar-refractivity contribution < 1.29 is 9.47 Å². The number of unbranched alkanes of at least 4 members (excludes halogenated alkanes) is 1. The molecular weight excluding hydrogens is 530 g/mol. The van der Waals surface area contributed by atoms with Crippen LogP contribution in [0.1, 0.15) is 42.3 Å². The van der Waals surface area contributed by atoms with E-state index in [-0.39, 0.29) is 5.56 Å². The minimum Gasteiger partial charge on any atom is -0.493 e. The van der Waals surface area contributed by atoms with Crippen LogP contribution in [0.4, 0.5) is 0 Å². The van der Waals surface area contributed by atoms with Crippen molar-refractivity contribution in [3.05, 3.63) is 111 Å². The van der Waals surface area contributed by atoms with Gasteiger partial charge in [0.2, 0.25) is 0 Å². The molecule has 190 valence electrons. The molecule has 3 aromatic carbocycles. The first kappa shape index (κ1) is 26.4. The van der Waals surface area contributed by atoms with Crippen LogP contribution in [-0.4, -0.2) is 23.0 Å². The summed E-state index contributed by atoms with van der Waals surface area (Å²) in [5.41, 5.74) is 3.24. The van der Waals surface area contributed by atoms with E-state index in [0.717, 1.165) is 34.0 Å². The molecule has 0 aliphatic rings. The molecule has 0 spiro atoms. The number of hydrogen-bond donors (Lipinski definition) is 0. The number of halogens is 1. The van der Waals surface area contributed by atoms with E-state index in [1.807, 2.05) is 60.7 Å². The summed E-state index contributed by atoms with van der Waals surface area (Å²) >= 11 is 3.45. The van der Waals surface area contributed by atoms with Crippen LogP contribution in [0.5, 0.6) is 11.5 Å². The van der Waals surface area contributed by atoms with Gasteiger partial charge in [0.05, 0.1) is 24.2 Å². The van der Waals surface area contributed by atoms with E-state index in [9.17, 15) is 4.79 Å². The zero-order chi connectivity index (χ0) is 26.2. The molecule has 0 saturated carbocycles. The predicted octanol–water partition coefficient (Wildman–Crippen LogP) is 6.70. The van der Waals surface area contributed by atoms with Gasteiger partial charge in [0, 0.05) is 16.5 Å². The van der Waals surface area contributed by atoms with E-state index in [1.165, 1.54) is 4.68 Å². The highest BCUT2D eigenvalue weighted by Gasteiger charge is 2.14. The molecule has 0 unspecified atom stereocenters. The first-order valence-corrected chi connectivity index (χ1v) is 13.1. The van der Waals surface area contributed by atoms with Gasteiger partial charge >= 0.3 is 0 Å². The van der Waals surface area contributed by atoms with Gasteiger partial charge in [-0.1, -0.05) is 65.7 Å². The average molecular weight is 560 g/mol. The van der Waals surface area contributed by atoms with Gasteiger partial charge < -0.3 is 9.47 Å². The summed E-state index contributed by atoms with van der Waals surface area (Å²) in [6.07, 6.45) is 6.64. The van der Waals surface area contributed by atoms with Crippen molar-refractivity contribution in [1.82, 2.24) is 9.66 Å². The standard InChI is InChI=1S/C30H30BrN3O3/c1-4-6-13-28-33-26-15-14-24(31)18-25(26)30(35)34(28)32-19-22-16-23(10-5-2)29(27(17-22)36-3)37-20-21-11-8-7-9-12-21/h5,7-9,11-12,14-19H,2,4,6,10,13,20H2,1,3H3. The molecule has 4 aromatic rings. The molecule has 7 heteroatoms. The summed E-state index contributed by atoms with van der Waals surface area (Å²) in [6, 6.07) is 19.3. The quantitative estimate of drug-likeness (QED) is 0.151. The number of aryl methyl sites for hydroxylation is 1. The van der Waals surface area contributed by atoms with Crippen molar-refractivity contribution in [1.29, 1.82) is 0 Å². The summed E-state index contributed by atoms with van der Waals surface area (Å²) in [7, 11) is 1.61. The first-order chi connectivity index (χ1) is 18.0. The van der Waals surface area contributed by atoms with E-state index in [4.69, 9.17) is 14.5 Å². The van der Waals surface area contributed by atoms with Crippen molar-refractivity contribution in [2.75, 3.05) is 7.11 Å². The van der Waals surface area contributed by atoms with Crippen LogP contribution in [0.3, 0.4) is 0 Å². The molecule has 1 aromatic heterocycles. The van der Waals surface area contributed by atoms with Crippen molar-refractivity contribution in [3.8, 4) is 11.5 Å². The predicted molar refractivity (Wildman–Crippen MR) is 153 cm³/mol. The van der Waals surface area contributed by atoms with Gasteiger partial charge in [0.15, 0.2) is 11.5 Å². The van der Waals surface area contributed by atoms with Crippen molar-refractivity contribution >= 4 is 33.0 Å². The number of fused-ring (bicyclic) bond motifs is 1. The van der Waals surface area contributed by atoms with Crippen LogP contribution in [0.25, 0.3) is 10.9 Å².